The third-order valence-electron chi connectivity index (χ3n) is 4.36. The molecule has 2 aliphatic rings. The molecule has 0 bridgehead atoms. The summed E-state index contributed by atoms with van der Waals surface area (Å²) in [4.78, 5) is 2.71. The maximum atomic E-state index is 3.76. The normalized spacial score (nSPS) is 27.2. The number of hydrogen-bond donors (Lipinski definition) is 1. The van der Waals surface area contributed by atoms with E-state index >= 15 is 0 Å². The zero-order chi connectivity index (χ0) is 13.9. The van der Waals surface area contributed by atoms with E-state index in [4.69, 9.17) is 0 Å². The molecule has 2 rings (SSSR count). The van der Waals surface area contributed by atoms with Crippen LogP contribution in [0.2, 0.25) is 0 Å². The highest BCUT2D eigenvalue weighted by molar-refractivity contribution is 8.00. The molecule has 1 saturated carbocycles. The first-order valence-corrected chi connectivity index (χ1v) is 9.01. The van der Waals surface area contributed by atoms with Gasteiger partial charge in [-0.05, 0) is 38.5 Å². The smallest absolute Gasteiger partial charge is 0.0231 e. The van der Waals surface area contributed by atoms with Crippen LogP contribution in [-0.4, -0.2) is 47.6 Å². The highest BCUT2D eigenvalue weighted by Crippen LogP contribution is 2.33. The molecule has 19 heavy (non-hydrogen) atoms. The molecule has 0 radical (unpaired) electrons. The minimum absolute atomic E-state index is 0.440. The summed E-state index contributed by atoms with van der Waals surface area (Å²) in [7, 11) is 0. The van der Waals surface area contributed by atoms with Gasteiger partial charge in [-0.1, -0.05) is 20.3 Å². The van der Waals surface area contributed by atoms with Gasteiger partial charge in [-0.3, -0.25) is 0 Å². The van der Waals surface area contributed by atoms with E-state index in [1.54, 1.807) is 0 Å². The van der Waals surface area contributed by atoms with Crippen molar-refractivity contribution in [1.29, 1.82) is 0 Å². The van der Waals surface area contributed by atoms with Crippen LogP contribution >= 0.6 is 11.8 Å². The fourth-order valence-corrected chi connectivity index (χ4v) is 4.47. The highest BCUT2D eigenvalue weighted by atomic mass is 32.2. The molecule has 0 aromatic carbocycles. The summed E-state index contributed by atoms with van der Waals surface area (Å²) in [6.45, 7) is 14.6. The van der Waals surface area contributed by atoms with Crippen LogP contribution in [0.1, 0.15) is 53.4 Å². The van der Waals surface area contributed by atoms with E-state index in [-0.39, 0.29) is 0 Å². The average Bonchev–Trinajstić information content (AvgIpc) is 3.09. The number of nitrogens with zero attached hydrogens (tertiary/aromatic N) is 1. The predicted molar refractivity (Wildman–Crippen MR) is 87.0 cm³/mol. The fraction of sp³-hybridized carbons (Fsp3) is 1.00. The first-order valence-electron chi connectivity index (χ1n) is 8.02. The molecule has 1 atom stereocenters. The number of rotatable bonds is 7. The maximum Gasteiger partial charge on any atom is 0.0231 e. The zero-order valence-corrected chi connectivity index (χ0v) is 14.1. The monoisotopic (exact) mass is 284 g/mol. The second-order valence-electron chi connectivity index (χ2n) is 7.53. The first-order chi connectivity index (χ1) is 8.92. The average molecular weight is 285 g/mol. The molecule has 2 nitrogen and oxygen atoms in total. The van der Waals surface area contributed by atoms with Gasteiger partial charge in [0, 0.05) is 42.7 Å². The molecule has 1 aliphatic carbocycles. The molecule has 0 spiro atoms. The number of hydrogen-bond acceptors (Lipinski definition) is 3. The summed E-state index contributed by atoms with van der Waals surface area (Å²) in [6, 6.07) is 0.838. The SMILES string of the molecule is CCCC(C)(CNC1CC1)CN1CCSC(C)(C)C1. The van der Waals surface area contributed by atoms with Crippen LogP contribution in [0.3, 0.4) is 0 Å². The van der Waals surface area contributed by atoms with Gasteiger partial charge < -0.3 is 10.2 Å². The van der Waals surface area contributed by atoms with Crippen LogP contribution in [0.15, 0.2) is 0 Å². The summed E-state index contributed by atoms with van der Waals surface area (Å²) in [6.07, 6.45) is 5.44. The molecule has 0 amide bonds. The minimum atomic E-state index is 0.440. The van der Waals surface area contributed by atoms with Crippen molar-refractivity contribution >= 4 is 11.8 Å². The van der Waals surface area contributed by atoms with Crippen LogP contribution < -0.4 is 5.32 Å². The van der Waals surface area contributed by atoms with Gasteiger partial charge in [0.25, 0.3) is 0 Å². The molecule has 1 aliphatic heterocycles. The molecule has 2 fully saturated rings. The Morgan fingerprint density at radius 2 is 2.11 bits per heavy atom. The third-order valence-corrected chi connectivity index (χ3v) is 5.66. The lowest BCUT2D eigenvalue weighted by Gasteiger charge is -2.42. The zero-order valence-electron chi connectivity index (χ0n) is 13.3. The molecule has 0 aromatic heterocycles. The van der Waals surface area contributed by atoms with Gasteiger partial charge in [0.05, 0.1) is 0 Å². The molecular weight excluding hydrogens is 252 g/mol. The summed E-state index contributed by atoms with van der Waals surface area (Å²) >= 11 is 2.13. The van der Waals surface area contributed by atoms with Crippen molar-refractivity contribution in [1.82, 2.24) is 10.2 Å². The van der Waals surface area contributed by atoms with E-state index < -0.39 is 0 Å². The highest BCUT2D eigenvalue weighted by Gasteiger charge is 2.33. The Hall–Kier alpha value is 0.270. The Labute approximate surface area is 124 Å². The van der Waals surface area contributed by atoms with E-state index in [2.05, 4.69) is 49.7 Å². The van der Waals surface area contributed by atoms with E-state index in [1.165, 1.54) is 57.6 Å². The summed E-state index contributed by atoms with van der Waals surface area (Å²) in [5.41, 5.74) is 0.454. The topological polar surface area (TPSA) is 15.3 Å². The summed E-state index contributed by atoms with van der Waals surface area (Å²) in [5, 5.41) is 3.76. The molecule has 1 heterocycles. The second kappa shape index (κ2) is 6.36. The Morgan fingerprint density at radius 1 is 1.37 bits per heavy atom. The first kappa shape index (κ1) is 15.7. The molecule has 1 unspecified atom stereocenters. The molecule has 112 valence electrons. The quantitative estimate of drug-likeness (QED) is 0.771. The van der Waals surface area contributed by atoms with Crippen LogP contribution in [0.4, 0.5) is 0 Å². The van der Waals surface area contributed by atoms with Gasteiger partial charge in [-0.2, -0.15) is 11.8 Å². The fourth-order valence-electron chi connectivity index (χ4n) is 3.29. The van der Waals surface area contributed by atoms with Crippen molar-refractivity contribution in [2.24, 2.45) is 5.41 Å². The van der Waals surface area contributed by atoms with E-state index in [1.807, 2.05) is 0 Å². The molecule has 0 aromatic rings. The molecular formula is C16H32N2S. The van der Waals surface area contributed by atoms with Crippen LogP contribution in [0.25, 0.3) is 0 Å². The number of nitrogens with one attached hydrogen (secondary N) is 1. The lowest BCUT2D eigenvalue weighted by molar-refractivity contribution is 0.144. The third kappa shape index (κ3) is 5.28. The lowest BCUT2D eigenvalue weighted by Crippen LogP contribution is -2.49. The van der Waals surface area contributed by atoms with Gasteiger partial charge in [-0.15, -0.1) is 0 Å². The van der Waals surface area contributed by atoms with Crippen LogP contribution in [-0.2, 0) is 0 Å². The Balaban J connectivity index is 1.86. The van der Waals surface area contributed by atoms with E-state index in [9.17, 15) is 0 Å². The van der Waals surface area contributed by atoms with Crippen LogP contribution in [0, 0.1) is 5.41 Å². The maximum absolute atomic E-state index is 3.76. The van der Waals surface area contributed by atoms with E-state index in [0.717, 1.165) is 6.04 Å². The largest absolute Gasteiger partial charge is 0.313 e. The Bertz CT molecular complexity index is 288. The second-order valence-corrected chi connectivity index (χ2v) is 9.34. The summed E-state index contributed by atoms with van der Waals surface area (Å²) in [5.74, 6) is 1.30. The van der Waals surface area contributed by atoms with E-state index in [0.29, 0.717) is 10.2 Å². The number of thioether (sulfide) groups is 1. The van der Waals surface area contributed by atoms with Crippen LogP contribution in [0.5, 0.6) is 0 Å². The summed E-state index contributed by atoms with van der Waals surface area (Å²) < 4.78 is 0.440. The van der Waals surface area contributed by atoms with Crippen molar-refractivity contribution in [3.05, 3.63) is 0 Å². The lowest BCUT2D eigenvalue weighted by atomic mass is 9.84. The Kier molecular flexibility index (Phi) is 5.24. The van der Waals surface area contributed by atoms with Crippen molar-refractivity contribution < 1.29 is 0 Å². The van der Waals surface area contributed by atoms with Crippen molar-refractivity contribution in [2.75, 3.05) is 31.9 Å². The predicted octanol–water partition coefficient (Wildman–Crippen LogP) is 3.37. The van der Waals surface area contributed by atoms with Crippen molar-refractivity contribution in [3.8, 4) is 0 Å². The molecule has 3 heteroatoms. The van der Waals surface area contributed by atoms with Crippen molar-refractivity contribution in [2.45, 2.75) is 64.2 Å². The molecule has 1 N–H and O–H groups in total. The van der Waals surface area contributed by atoms with Gasteiger partial charge in [0.1, 0.15) is 0 Å². The van der Waals surface area contributed by atoms with Gasteiger partial charge in [0.2, 0.25) is 0 Å². The minimum Gasteiger partial charge on any atom is -0.313 e. The van der Waals surface area contributed by atoms with Crippen molar-refractivity contribution in [3.63, 3.8) is 0 Å². The molecule has 1 saturated heterocycles. The van der Waals surface area contributed by atoms with Gasteiger partial charge >= 0.3 is 0 Å². The van der Waals surface area contributed by atoms with Gasteiger partial charge in [0.15, 0.2) is 0 Å². The standard InChI is InChI=1S/C16H32N2S/c1-5-8-16(4,11-17-14-6-7-14)13-18-9-10-19-15(2,3)12-18/h14,17H,5-13H2,1-4H3. The van der Waals surface area contributed by atoms with Gasteiger partial charge in [-0.25, -0.2) is 0 Å². The Morgan fingerprint density at radius 3 is 2.68 bits per heavy atom.